The summed E-state index contributed by atoms with van der Waals surface area (Å²) in [6, 6.07) is 9.35. The zero-order chi connectivity index (χ0) is 13.0. The normalized spacial score (nSPS) is 15.9. The molecule has 0 fully saturated rings. The number of hydrogen-bond donors (Lipinski definition) is 2. The molecular weight excluding hydrogens is 222 g/mol. The van der Waals surface area contributed by atoms with Crippen LogP contribution in [0.25, 0.3) is 0 Å². The van der Waals surface area contributed by atoms with E-state index in [-0.39, 0.29) is 12.0 Å². The Morgan fingerprint density at radius 3 is 2.39 bits per heavy atom. The lowest BCUT2D eigenvalue weighted by molar-refractivity contribution is 0.147. The van der Waals surface area contributed by atoms with Gasteiger partial charge in [-0.05, 0) is 48.8 Å². The van der Waals surface area contributed by atoms with Crippen molar-refractivity contribution in [2.75, 3.05) is 13.2 Å². The smallest absolute Gasteiger partial charge is 0.0482 e. The molecule has 2 heteroatoms. The molecule has 0 radical (unpaired) electrons. The van der Waals surface area contributed by atoms with E-state index in [0.29, 0.717) is 6.04 Å². The maximum absolute atomic E-state index is 9.20. The van der Waals surface area contributed by atoms with Crippen LogP contribution < -0.4 is 5.32 Å². The summed E-state index contributed by atoms with van der Waals surface area (Å²) in [4.78, 5) is 0. The van der Waals surface area contributed by atoms with Gasteiger partial charge in [0.25, 0.3) is 0 Å². The Morgan fingerprint density at radius 2 is 1.83 bits per heavy atom. The van der Waals surface area contributed by atoms with Gasteiger partial charge in [-0.1, -0.05) is 38.1 Å². The fraction of sp³-hybridized carbons (Fsp3) is 0.625. The average molecular weight is 247 g/mol. The minimum atomic E-state index is 0.0698. The van der Waals surface area contributed by atoms with Crippen LogP contribution in [0.1, 0.15) is 37.8 Å². The second-order valence-electron chi connectivity index (χ2n) is 6.25. The van der Waals surface area contributed by atoms with Gasteiger partial charge >= 0.3 is 0 Å². The average Bonchev–Trinajstić information content (AvgIpc) is 2.77. The van der Waals surface area contributed by atoms with Gasteiger partial charge < -0.3 is 10.4 Å². The van der Waals surface area contributed by atoms with E-state index in [2.05, 4.69) is 43.4 Å². The minimum absolute atomic E-state index is 0.0698. The molecule has 1 aliphatic carbocycles. The Labute approximate surface area is 110 Å². The van der Waals surface area contributed by atoms with Crippen molar-refractivity contribution < 1.29 is 5.11 Å². The number of aliphatic hydroxyl groups is 1. The highest BCUT2D eigenvalue weighted by atomic mass is 16.3. The molecule has 2 nitrogen and oxygen atoms in total. The zero-order valence-corrected chi connectivity index (χ0v) is 11.6. The molecule has 0 spiro atoms. The summed E-state index contributed by atoms with van der Waals surface area (Å²) in [5, 5.41) is 12.8. The monoisotopic (exact) mass is 247 g/mol. The molecule has 100 valence electrons. The molecular formula is C16H25NO. The third-order valence-electron chi connectivity index (χ3n) is 3.94. The van der Waals surface area contributed by atoms with Crippen LogP contribution in [-0.4, -0.2) is 24.3 Å². The molecule has 1 aliphatic rings. The molecule has 0 aliphatic heterocycles. The highest BCUT2D eigenvalue weighted by Crippen LogP contribution is 2.23. The third kappa shape index (κ3) is 3.56. The first-order valence-electron chi connectivity index (χ1n) is 7.02. The van der Waals surface area contributed by atoms with Gasteiger partial charge in [0, 0.05) is 12.6 Å². The molecule has 0 amide bonds. The molecule has 0 bridgehead atoms. The molecule has 1 aromatic carbocycles. The molecule has 18 heavy (non-hydrogen) atoms. The lowest BCUT2D eigenvalue weighted by Crippen LogP contribution is -2.31. The van der Waals surface area contributed by atoms with Crippen molar-refractivity contribution in [3.05, 3.63) is 35.4 Å². The van der Waals surface area contributed by atoms with E-state index in [1.165, 1.54) is 24.0 Å². The summed E-state index contributed by atoms with van der Waals surface area (Å²) < 4.78 is 0. The Hall–Kier alpha value is -0.860. The summed E-state index contributed by atoms with van der Waals surface area (Å²) in [5.41, 5.74) is 3.08. The SMILES string of the molecule is CC(C)(CO)CCCNC1Cc2ccccc2C1. The second kappa shape index (κ2) is 5.85. The summed E-state index contributed by atoms with van der Waals surface area (Å²) in [5.74, 6) is 0. The van der Waals surface area contributed by atoms with Gasteiger partial charge in [-0.2, -0.15) is 0 Å². The van der Waals surface area contributed by atoms with Gasteiger partial charge in [0.15, 0.2) is 0 Å². The quantitative estimate of drug-likeness (QED) is 0.757. The summed E-state index contributed by atoms with van der Waals surface area (Å²) in [7, 11) is 0. The van der Waals surface area contributed by atoms with Crippen molar-refractivity contribution in [2.24, 2.45) is 5.41 Å². The van der Waals surface area contributed by atoms with E-state index < -0.39 is 0 Å². The van der Waals surface area contributed by atoms with Gasteiger partial charge in [0.05, 0.1) is 0 Å². The maximum Gasteiger partial charge on any atom is 0.0482 e. The minimum Gasteiger partial charge on any atom is -0.396 e. The molecule has 2 rings (SSSR count). The van der Waals surface area contributed by atoms with Crippen LogP contribution in [-0.2, 0) is 12.8 Å². The third-order valence-corrected chi connectivity index (χ3v) is 3.94. The van der Waals surface area contributed by atoms with Crippen molar-refractivity contribution in [1.82, 2.24) is 5.32 Å². The van der Waals surface area contributed by atoms with Crippen molar-refractivity contribution in [3.63, 3.8) is 0 Å². The molecule has 1 aromatic rings. The predicted molar refractivity (Wildman–Crippen MR) is 75.7 cm³/mol. The molecule has 0 saturated carbocycles. The van der Waals surface area contributed by atoms with Crippen molar-refractivity contribution in [2.45, 2.75) is 45.6 Å². The highest BCUT2D eigenvalue weighted by Gasteiger charge is 2.20. The maximum atomic E-state index is 9.20. The van der Waals surface area contributed by atoms with Crippen LogP contribution in [0, 0.1) is 5.41 Å². The first kappa shape index (κ1) is 13.6. The van der Waals surface area contributed by atoms with Crippen LogP contribution in [0.5, 0.6) is 0 Å². The number of hydrogen-bond acceptors (Lipinski definition) is 2. The fourth-order valence-corrected chi connectivity index (χ4v) is 2.66. The lowest BCUT2D eigenvalue weighted by Gasteiger charge is -2.22. The second-order valence-corrected chi connectivity index (χ2v) is 6.25. The van der Waals surface area contributed by atoms with Crippen molar-refractivity contribution in [3.8, 4) is 0 Å². The zero-order valence-electron chi connectivity index (χ0n) is 11.6. The Bertz CT molecular complexity index is 361. The van der Waals surface area contributed by atoms with Gasteiger partial charge in [-0.15, -0.1) is 0 Å². The van der Waals surface area contributed by atoms with E-state index in [1.54, 1.807) is 0 Å². The molecule has 2 N–H and O–H groups in total. The molecule has 0 saturated heterocycles. The van der Waals surface area contributed by atoms with Gasteiger partial charge in [0.1, 0.15) is 0 Å². The van der Waals surface area contributed by atoms with Crippen LogP contribution in [0.15, 0.2) is 24.3 Å². The number of nitrogens with one attached hydrogen (secondary N) is 1. The summed E-state index contributed by atoms with van der Waals surface area (Å²) in [6.07, 6.45) is 4.55. The molecule has 0 aromatic heterocycles. The predicted octanol–water partition coefficient (Wildman–Crippen LogP) is 2.54. The number of aliphatic hydroxyl groups excluding tert-OH is 1. The fourth-order valence-electron chi connectivity index (χ4n) is 2.66. The van der Waals surface area contributed by atoms with Crippen molar-refractivity contribution >= 4 is 0 Å². The molecule has 0 unspecified atom stereocenters. The molecule has 0 atom stereocenters. The topological polar surface area (TPSA) is 32.3 Å². The van der Waals surface area contributed by atoms with E-state index >= 15 is 0 Å². The Kier molecular flexibility index (Phi) is 4.41. The van der Waals surface area contributed by atoms with Crippen molar-refractivity contribution in [1.29, 1.82) is 0 Å². The van der Waals surface area contributed by atoms with Gasteiger partial charge in [0.2, 0.25) is 0 Å². The largest absolute Gasteiger partial charge is 0.396 e. The van der Waals surface area contributed by atoms with Gasteiger partial charge in [-0.3, -0.25) is 0 Å². The highest BCUT2D eigenvalue weighted by molar-refractivity contribution is 5.33. The number of rotatable bonds is 6. The standard InChI is InChI=1S/C16H25NO/c1-16(2,12-18)8-5-9-17-15-10-13-6-3-4-7-14(13)11-15/h3-4,6-7,15,17-18H,5,8-12H2,1-2H3. The van der Waals surface area contributed by atoms with E-state index in [4.69, 9.17) is 0 Å². The van der Waals surface area contributed by atoms with E-state index in [1.807, 2.05) is 0 Å². The van der Waals surface area contributed by atoms with Gasteiger partial charge in [-0.25, -0.2) is 0 Å². The summed E-state index contributed by atoms with van der Waals surface area (Å²) >= 11 is 0. The number of benzene rings is 1. The van der Waals surface area contributed by atoms with Crippen LogP contribution in [0.4, 0.5) is 0 Å². The van der Waals surface area contributed by atoms with Crippen LogP contribution >= 0.6 is 0 Å². The van der Waals surface area contributed by atoms with E-state index in [9.17, 15) is 5.11 Å². The first-order valence-corrected chi connectivity index (χ1v) is 7.02. The number of fused-ring (bicyclic) bond motifs is 1. The lowest BCUT2D eigenvalue weighted by atomic mass is 9.89. The molecule has 0 heterocycles. The Morgan fingerprint density at radius 1 is 1.22 bits per heavy atom. The van der Waals surface area contributed by atoms with E-state index in [0.717, 1.165) is 19.4 Å². The van der Waals surface area contributed by atoms with Crippen LogP contribution in [0.3, 0.4) is 0 Å². The van der Waals surface area contributed by atoms with Crippen LogP contribution in [0.2, 0.25) is 0 Å². The first-order chi connectivity index (χ1) is 8.61. The summed E-state index contributed by atoms with van der Waals surface area (Å²) in [6.45, 7) is 5.58. The Balaban J connectivity index is 1.68.